The van der Waals surface area contributed by atoms with Gasteiger partial charge in [-0.15, -0.1) is 0 Å². The molecule has 138 valence electrons. The standard InChI is InChI=1S/C21H26N2O3/c1-4-26-18-11-9-17(10-12-18)16(3)23-20(24)13-14-22-21(25)19-8-6-5-7-15(19)2/h5-12,16H,4,13-14H2,1-3H3,(H,22,25)(H,23,24)/t16-/m0/s1. The van der Waals surface area contributed by atoms with E-state index in [1.807, 2.05) is 63.2 Å². The molecule has 0 heterocycles. The predicted molar refractivity (Wildman–Crippen MR) is 102 cm³/mol. The Morgan fingerprint density at radius 3 is 2.42 bits per heavy atom. The summed E-state index contributed by atoms with van der Waals surface area (Å²) in [5, 5.41) is 5.73. The third-order valence-corrected chi connectivity index (χ3v) is 4.10. The van der Waals surface area contributed by atoms with Gasteiger partial charge in [0.1, 0.15) is 5.75 Å². The Labute approximate surface area is 154 Å². The van der Waals surface area contributed by atoms with Crippen LogP contribution in [0.3, 0.4) is 0 Å². The van der Waals surface area contributed by atoms with Crippen molar-refractivity contribution >= 4 is 11.8 Å². The number of carbonyl (C=O) groups excluding carboxylic acids is 2. The molecule has 2 amide bonds. The maximum Gasteiger partial charge on any atom is 0.251 e. The second-order valence-electron chi connectivity index (χ2n) is 6.11. The van der Waals surface area contributed by atoms with Crippen molar-refractivity contribution in [2.45, 2.75) is 33.2 Å². The molecule has 0 aliphatic carbocycles. The zero-order chi connectivity index (χ0) is 18.9. The lowest BCUT2D eigenvalue weighted by Gasteiger charge is -2.15. The lowest BCUT2D eigenvalue weighted by atomic mass is 10.1. The molecule has 1 atom stereocenters. The Morgan fingerprint density at radius 1 is 1.08 bits per heavy atom. The molecule has 5 nitrogen and oxygen atoms in total. The van der Waals surface area contributed by atoms with Gasteiger partial charge in [-0.2, -0.15) is 0 Å². The average Bonchev–Trinajstić information content (AvgIpc) is 2.62. The summed E-state index contributed by atoms with van der Waals surface area (Å²) >= 11 is 0. The molecule has 2 N–H and O–H groups in total. The number of carbonyl (C=O) groups is 2. The first-order chi connectivity index (χ1) is 12.5. The van der Waals surface area contributed by atoms with Crippen molar-refractivity contribution in [3.05, 3.63) is 65.2 Å². The zero-order valence-electron chi connectivity index (χ0n) is 15.5. The minimum absolute atomic E-state index is 0.100. The fraction of sp³-hybridized carbons (Fsp3) is 0.333. The number of hydrogen-bond acceptors (Lipinski definition) is 3. The van der Waals surface area contributed by atoms with Crippen molar-refractivity contribution in [1.29, 1.82) is 0 Å². The normalized spacial score (nSPS) is 11.5. The summed E-state index contributed by atoms with van der Waals surface area (Å²) in [6, 6.07) is 14.9. The molecule has 0 fully saturated rings. The third-order valence-electron chi connectivity index (χ3n) is 4.10. The van der Waals surface area contributed by atoms with E-state index < -0.39 is 0 Å². The predicted octanol–water partition coefficient (Wildman–Crippen LogP) is 3.39. The van der Waals surface area contributed by atoms with Gasteiger partial charge in [0.05, 0.1) is 12.6 Å². The Bertz CT molecular complexity index is 741. The van der Waals surface area contributed by atoms with Crippen LogP contribution in [0.4, 0.5) is 0 Å². The monoisotopic (exact) mass is 354 g/mol. The summed E-state index contributed by atoms with van der Waals surface area (Å²) in [5.41, 5.74) is 2.56. The van der Waals surface area contributed by atoms with Crippen molar-refractivity contribution < 1.29 is 14.3 Å². The van der Waals surface area contributed by atoms with Gasteiger partial charge in [0.2, 0.25) is 5.91 Å². The first kappa shape index (κ1) is 19.5. The van der Waals surface area contributed by atoms with E-state index in [1.54, 1.807) is 6.07 Å². The molecule has 2 aromatic rings. The number of benzene rings is 2. The molecule has 0 saturated heterocycles. The van der Waals surface area contributed by atoms with Crippen LogP contribution in [-0.2, 0) is 4.79 Å². The summed E-state index contributed by atoms with van der Waals surface area (Å²) in [4.78, 5) is 24.2. The summed E-state index contributed by atoms with van der Waals surface area (Å²) < 4.78 is 5.41. The summed E-state index contributed by atoms with van der Waals surface area (Å²) in [7, 11) is 0. The van der Waals surface area contributed by atoms with E-state index in [9.17, 15) is 9.59 Å². The van der Waals surface area contributed by atoms with Crippen LogP contribution in [0.2, 0.25) is 0 Å². The molecule has 0 saturated carbocycles. The maximum atomic E-state index is 12.1. The van der Waals surface area contributed by atoms with Crippen molar-refractivity contribution in [3.63, 3.8) is 0 Å². The van der Waals surface area contributed by atoms with Crippen molar-refractivity contribution in [1.82, 2.24) is 10.6 Å². The average molecular weight is 354 g/mol. The van der Waals surface area contributed by atoms with Gasteiger partial charge >= 0.3 is 0 Å². The highest BCUT2D eigenvalue weighted by atomic mass is 16.5. The molecule has 0 aromatic heterocycles. The summed E-state index contributed by atoms with van der Waals surface area (Å²) in [5.74, 6) is 0.556. The first-order valence-electron chi connectivity index (χ1n) is 8.87. The number of hydrogen-bond donors (Lipinski definition) is 2. The van der Waals surface area contributed by atoms with Crippen molar-refractivity contribution in [2.75, 3.05) is 13.2 Å². The molecule has 0 unspecified atom stereocenters. The molecule has 0 bridgehead atoms. The molecule has 2 rings (SSSR count). The zero-order valence-corrected chi connectivity index (χ0v) is 15.5. The highest BCUT2D eigenvalue weighted by Crippen LogP contribution is 2.17. The van der Waals surface area contributed by atoms with Gasteiger partial charge in [-0.3, -0.25) is 9.59 Å². The highest BCUT2D eigenvalue weighted by molar-refractivity contribution is 5.95. The SMILES string of the molecule is CCOc1ccc([C@H](C)NC(=O)CCNC(=O)c2ccccc2C)cc1. The van der Waals surface area contributed by atoms with Crippen LogP contribution in [0.1, 0.15) is 47.8 Å². The van der Waals surface area contributed by atoms with Gasteiger partial charge in [-0.25, -0.2) is 0 Å². The van der Waals surface area contributed by atoms with Crippen LogP contribution in [0, 0.1) is 6.92 Å². The van der Waals surface area contributed by atoms with Gasteiger partial charge in [-0.05, 0) is 50.1 Å². The number of aryl methyl sites for hydroxylation is 1. The second-order valence-corrected chi connectivity index (χ2v) is 6.11. The first-order valence-corrected chi connectivity index (χ1v) is 8.87. The van der Waals surface area contributed by atoms with E-state index in [1.165, 1.54) is 0 Å². The fourth-order valence-electron chi connectivity index (χ4n) is 2.63. The van der Waals surface area contributed by atoms with Gasteiger partial charge in [0.25, 0.3) is 5.91 Å². The Kier molecular flexibility index (Phi) is 7.21. The smallest absolute Gasteiger partial charge is 0.251 e. The molecular formula is C21H26N2O3. The fourth-order valence-corrected chi connectivity index (χ4v) is 2.63. The van der Waals surface area contributed by atoms with Gasteiger partial charge in [0, 0.05) is 18.5 Å². The highest BCUT2D eigenvalue weighted by Gasteiger charge is 2.11. The quantitative estimate of drug-likeness (QED) is 0.763. The molecule has 2 aromatic carbocycles. The third kappa shape index (κ3) is 5.62. The molecule has 5 heteroatoms. The minimum Gasteiger partial charge on any atom is -0.494 e. The van der Waals surface area contributed by atoms with Crippen molar-refractivity contribution in [3.8, 4) is 5.75 Å². The van der Waals surface area contributed by atoms with Gasteiger partial charge in [-0.1, -0.05) is 30.3 Å². The summed E-state index contributed by atoms with van der Waals surface area (Å²) in [6.07, 6.45) is 0.235. The van der Waals surface area contributed by atoms with Gasteiger partial charge in [0.15, 0.2) is 0 Å². The number of nitrogens with one attached hydrogen (secondary N) is 2. The number of amides is 2. The van der Waals surface area contributed by atoms with Crippen LogP contribution in [0.5, 0.6) is 5.75 Å². The molecule has 0 aliphatic heterocycles. The van der Waals surface area contributed by atoms with Crippen LogP contribution < -0.4 is 15.4 Å². The van der Waals surface area contributed by atoms with E-state index in [2.05, 4.69) is 10.6 Å². The second kappa shape index (κ2) is 9.61. The van der Waals surface area contributed by atoms with Crippen LogP contribution in [-0.4, -0.2) is 25.0 Å². The molecule has 0 aliphatic rings. The number of ether oxygens (including phenoxy) is 1. The van der Waals surface area contributed by atoms with E-state index >= 15 is 0 Å². The lowest BCUT2D eigenvalue weighted by Crippen LogP contribution is -2.32. The van der Waals surface area contributed by atoms with E-state index in [4.69, 9.17) is 4.74 Å². The molecule has 26 heavy (non-hydrogen) atoms. The maximum absolute atomic E-state index is 12.1. The van der Waals surface area contributed by atoms with E-state index in [-0.39, 0.29) is 24.3 Å². The lowest BCUT2D eigenvalue weighted by molar-refractivity contribution is -0.121. The molecule has 0 spiro atoms. The topological polar surface area (TPSA) is 67.4 Å². The minimum atomic E-state index is -0.157. The van der Waals surface area contributed by atoms with Crippen molar-refractivity contribution in [2.24, 2.45) is 0 Å². The van der Waals surface area contributed by atoms with Crippen LogP contribution in [0.15, 0.2) is 48.5 Å². The molecular weight excluding hydrogens is 328 g/mol. The molecule has 0 radical (unpaired) electrons. The Balaban J connectivity index is 1.77. The summed E-state index contributed by atoms with van der Waals surface area (Å²) in [6.45, 7) is 6.68. The Hall–Kier alpha value is -2.82. The van der Waals surface area contributed by atoms with Gasteiger partial charge < -0.3 is 15.4 Å². The Morgan fingerprint density at radius 2 is 1.77 bits per heavy atom. The van der Waals surface area contributed by atoms with E-state index in [0.29, 0.717) is 18.7 Å². The van der Waals surface area contributed by atoms with E-state index in [0.717, 1.165) is 16.9 Å². The van der Waals surface area contributed by atoms with Crippen LogP contribution >= 0.6 is 0 Å². The largest absolute Gasteiger partial charge is 0.494 e. The van der Waals surface area contributed by atoms with Crippen LogP contribution in [0.25, 0.3) is 0 Å². The number of rotatable bonds is 8.